The van der Waals surface area contributed by atoms with Gasteiger partial charge in [-0.15, -0.1) is 13.2 Å². The van der Waals surface area contributed by atoms with Gasteiger partial charge in [0.25, 0.3) is 5.91 Å². The van der Waals surface area contributed by atoms with Crippen molar-refractivity contribution in [2.75, 3.05) is 10.6 Å². The van der Waals surface area contributed by atoms with Gasteiger partial charge >= 0.3 is 6.36 Å². The summed E-state index contributed by atoms with van der Waals surface area (Å²) in [5.41, 5.74) is 0.358. The van der Waals surface area contributed by atoms with Gasteiger partial charge in [0.15, 0.2) is 0 Å². The van der Waals surface area contributed by atoms with Gasteiger partial charge in [-0.3, -0.25) is 9.59 Å². The monoisotopic (exact) mass is 389 g/mol. The number of nitrogens with zero attached hydrogens (tertiary/aromatic N) is 1. The fraction of sp³-hybridized carbons (Fsp3) is 0.105. The van der Waals surface area contributed by atoms with Crippen molar-refractivity contribution in [3.05, 3.63) is 59.7 Å². The fourth-order valence-corrected chi connectivity index (χ4v) is 2.16. The number of benzene rings is 2. The Bertz CT molecular complexity index is 945. The van der Waals surface area contributed by atoms with Crippen molar-refractivity contribution in [2.24, 2.45) is 0 Å². The summed E-state index contributed by atoms with van der Waals surface area (Å²) in [7, 11) is 0. The summed E-state index contributed by atoms with van der Waals surface area (Å²) in [5, 5.41) is 14.2. The molecule has 0 spiro atoms. The van der Waals surface area contributed by atoms with Crippen LogP contribution in [0.2, 0.25) is 0 Å². The second kappa shape index (κ2) is 8.73. The second-order valence-electron chi connectivity index (χ2n) is 5.47. The number of hydrogen-bond acceptors (Lipinski definition) is 4. The molecule has 2 aromatic rings. The van der Waals surface area contributed by atoms with E-state index < -0.39 is 23.6 Å². The van der Waals surface area contributed by atoms with Crippen molar-refractivity contribution >= 4 is 29.3 Å². The molecule has 0 saturated heterocycles. The largest absolute Gasteiger partial charge is 0.573 e. The molecule has 0 bridgehead atoms. The molecule has 0 fully saturated rings. The average molecular weight is 389 g/mol. The Balaban J connectivity index is 2.20. The van der Waals surface area contributed by atoms with Crippen LogP contribution in [0.15, 0.2) is 54.1 Å². The number of hydrogen-bond donors (Lipinski definition) is 2. The highest BCUT2D eigenvalue weighted by Gasteiger charge is 2.31. The first-order valence-electron chi connectivity index (χ1n) is 7.83. The predicted octanol–water partition coefficient (Wildman–Crippen LogP) is 4.09. The normalized spacial score (nSPS) is 11.3. The number of alkyl halides is 3. The molecule has 0 aliphatic rings. The molecule has 0 unspecified atom stereocenters. The first-order chi connectivity index (χ1) is 13.2. The number of halogens is 3. The lowest BCUT2D eigenvalue weighted by Crippen LogP contribution is -2.18. The molecule has 2 amide bonds. The van der Waals surface area contributed by atoms with Crippen molar-refractivity contribution in [3.8, 4) is 11.8 Å². The van der Waals surface area contributed by atoms with Crippen molar-refractivity contribution in [1.82, 2.24) is 0 Å². The summed E-state index contributed by atoms with van der Waals surface area (Å²) in [5.74, 6) is -1.60. The Morgan fingerprint density at radius 1 is 1.04 bits per heavy atom. The van der Waals surface area contributed by atoms with Crippen LogP contribution in [-0.4, -0.2) is 18.2 Å². The van der Waals surface area contributed by atoms with Crippen molar-refractivity contribution in [2.45, 2.75) is 13.3 Å². The van der Waals surface area contributed by atoms with Crippen LogP contribution >= 0.6 is 0 Å². The Kier molecular flexibility index (Phi) is 6.39. The summed E-state index contributed by atoms with van der Waals surface area (Å²) < 4.78 is 41.4. The smallest absolute Gasteiger partial charge is 0.405 e. The third-order valence-electron chi connectivity index (χ3n) is 3.27. The van der Waals surface area contributed by atoms with Crippen LogP contribution in [0, 0.1) is 11.3 Å². The second-order valence-corrected chi connectivity index (χ2v) is 5.47. The molecule has 2 rings (SSSR count). The first-order valence-corrected chi connectivity index (χ1v) is 7.83. The lowest BCUT2D eigenvalue weighted by molar-refractivity contribution is -0.274. The number of ether oxygens (including phenoxy) is 1. The highest BCUT2D eigenvalue weighted by atomic mass is 19.4. The van der Waals surface area contributed by atoms with Gasteiger partial charge in [0.05, 0.1) is 0 Å². The quantitative estimate of drug-likeness (QED) is 0.595. The molecule has 0 radical (unpaired) electrons. The Labute approximate surface area is 158 Å². The average Bonchev–Trinajstić information content (AvgIpc) is 2.60. The topological polar surface area (TPSA) is 91.2 Å². The third kappa shape index (κ3) is 6.17. The molecule has 28 heavy (non-hydrogen) atoms. The minimum absolute atomic E-state index is 0.0764. The Morgan fingerprint density at radius 3 is 2.14 bits per heavy atom. The van der Waals surface area contributed by atoms with E-state index in [9.17, 15) is 28.0 Å². The molecule has 0 heterocycles. The van der Waals surface area contributed by atoms with Gasteiger partial charge < -0.3 is 15.4 Å². The minimum Gasteiger partial charge on any atom is -0.405 e. The number of carbonyl (C=O) groups excluding carboxylic acids is 2. The van der Waals surface area contributed by atoms with Gasteiger partial charge in [-0.25, -0.2) is 0 Å². The highest BCUT2D eigenvalue weighted by molar-refractivity contribution is 6.09. The van der Waals surface area contributed by atoms with Gasteiger partial charge in [0, 0.05) is 23.9 Å². The van der Waals surface area contributed by atoms with Crippen molar-refractivity contribution in [1.29, 1.82) is 5.26 Å². The van der Waals surface area contributed by atoms with E-state index >= 15 is 0 Å². The Hall–Kier alpha value is -3.80. The summed E-state index contributed by atoms with van der Waals surface area (Å²) >= 11 is 0. The summed E-state index contributed by atoms with van der Waals surface area (Å²) in [6.07, 6.45) is -3.91. The SMILES string of the molecule is CC(=O)Nc1ccc(NC(=O)/C(C#N)=C/c2ccccc2OC(F)(F)F)cc1. The van der Waals surface area contributed by atoms with Crippen molar-refractivity contribution in [3.63, 3.8) is 0 Å². The standard InChI is InChI=1S/C19H14F3N3O3/c1-12(26)24-15-6-8-16(9-7-15)25-18(27)14(11-23)10-13-4-2-3-5-17(13)28-19(20,21)22/h2-10H,1H3,(H,24,26)(H,25,27)/b14-10+. The molecule has 144 valence electrons. The molecule has 0 atom stereocenters. The maximum Gasteiger partial charge on any atom is 0.573 e. The molecule has 9 heteroatoms. The van der Waals surface area contributed by atoms with Crippen LogP contribution in [0.4, 0.5) is 24.5 Å². The predicted molar refractivity (Wildman–Crippen MR) is 96.1 cm³/mol. The third-order valence-corrected chi connectivity index (χ3v) is 3.27. The van der Waals surface area contributed by atoms with Gasteiger partial charge in [-0.1, -0.05) is 18.2 Å². The Morgan fingerprint density at radius 2 is 1.61 bits per heavy atom. The van der Waals surface area contributed by atoms with E-state index in [-0.39, 0.29) is 11.5 Å². The fourth-order valence-electron chi connectivity index (χ4n) is 2.16. The van der Waals surface area contributed by atoms with Crippen LogP contribution in [0.3, 0.4) is 0 Å². The maximum atomic E-state index is 12.5. The number of carbonyl (C=O) groups is 2. The maximum absolute atomic E-state index is 12.5. The van der Waals surface area contributed by atoms with Gasteiger partial charge in [-0.2, -0.15) is 5.26 Å². The number of rotatable bonds is 5. The van der Waals surface area contributed by atoms with Crippen molar-refractivity contribution < 1.29 is 27.5 Å². The molecular weight excluding hydrogens is 375 g/mol. The number of nitriles is 1. The molecule has 0 aliphatic heterocycles. The van der Waals surface area contributed by atoms with Gasteiger partial charge in [0.2, 0.25) is 5.91 Å². The molecule has 6 nitrogen and oxygen atoms in total. The molecular formula is C19H14F3N3O3. The number of anilines is 2. The summed E-state index contributed by atoms with van der Waals surface area (Å²) in [6, 6.07) is 12.9. The highest BCUT2D eigenvalue weighted by Crippen LogP contribution is 2.28. The summed E-state index contributed by atoms with van der Waals surface area (Å²) in [4.78, 5) is 23.3. The van der Waals surface area contributed by atoms with E-state index in [1.54, 1.807) is 18.2 Å². The zero-order valence-corrected chi connectivity index (χ0v) is 14.5. The molecule has 2 aromatic carbocycles. The van der Waals surface area contributed by atoms with E-state index in [1.807, 2.05) is 0 Å². The van der Waals surface area contributed by atoms with Crippen LogP contribution in [0.5, 0.6) is 5.75 Å². The number of amides is 2. The van der Waals surface area contributed by atoms with Gasteiger partial charge in [-0.05, 0) is 36.4 Å². The zero-order chi connectivity index (χ0) is 20.7. The van der Waals surface area contributed by atoms with E-state index in [1.165, 1.54) is 37.3 Å². The molecule has 0 aliphatic carbocycles. The van der Waals surface area contributed by atoms with E-state index in [0.29, 0.717) is 11.4 Å². The number of nitrogens with one attached hydrogen (secondary N) is 2. The van der Waals surface area contributed by atoms with Crippen LogP contribution in [-0.2, 0) is 9.59 Å². The minimum atomic E-state index is -4.91. The van der Waals surface area contributed by atoms with Crippen LogP contribution in [0.25, 0.3) is 6.08 Å². The van der Waals surface area contributed by atoms with E-state index in [2.05, 4.69) is 15.4 Å². The van der Waals surface area contributed by atoms with Gasteiger partial charge in [0.1, 0.15) is 17.4 Å². The first kappa shape index (κ1) is 20.5. The zero-order valence-electron chi connectivity index (χ0n) is 14.5. The lowest BCUT2D eigenvalue weighted by Gasteiger charge is -2.11. The molecule has 2 N–H and O–H groups in total. The molecule has 0 saturated carbocycles. The van der Waals surface area contributed by atoms with Crippen LogP contribution < -0.4 is 15.4 Å². The van der Waals surface area contributed by atoms with E-state index in [0.717, 1.165) is 12.1 Å². The number of para-hydroxylation sites is 1. The molecule has 0 aromatic heterocycles. The lowest BCUT2D eigenvalue weighted by atomic mass is 10.1. The van der Waals surface area contributed by atoms with E-state index in [4.69, 9.17) is 0 Å². The summed E-state index contributed by atoms with van der Waals surface area (Å²) in [6.45, 7) is 1.35. The van der Waals surface area contributed by atoms with Crippen LogP contribution in [0.1, 0.15) is 12.5 Å².